The number of hydrogen-bond donors (Lipinski definition) is 1. The molecule has 1 rings (SSSR count). The Labute approximate surface area is 90.3 Å². The van der Waals surface area contributed by atoms with Gasteiger partial charge in [0.25, 0.3) is 0 Å². The molecular weight excluding hydrogens is 190 g/mol. The normalized spacial score (nSPS) is 16.4. The van der Waals surface area contributed by atoms with Crippen LogP contribution in [0.1, 0.15) is 20.8 Å². The van der Waals surface area contributed by atoms with E-state index in [-0.39, 0.29) is 5.78 Å². The molecule has 0 aromatic rings. The number of Topliss-reactive ketones (excluding diaryl/α,β-unsaturated/α-hetero) is 1. The number of ketones is 1. The van der Waals surface area contributed by atoms with Gasteiger partial charge in [0.15, 0.2) is 0 Å². The lowest BCUT2D eigenvalue weighted by atomic mass is 10.1. The Morgan fingerprint density at radius 2 is 2.40 bits per heavy atom. The van der Waals surface area contributed by atoms with E-state index in [0.29, 0.717) is 18.2 Å². The number of rotatable bonds is 4. The van der Waals surface area contributed by atoms with Gasteiger partial charge in [-0.1, -0.05) is 19.4 Å². The molecule has 15 heavy (non-hydrogen) atoms. The monoisotopic (exact) mass is 207 g/mol. The molecule has 4 heteroatoms. The predicted octanol–water partition coefficient (Wildman–Crippen LogP) is 1.48. The second kappa shape index (κ2) is 4.77. The highest BCUT2D eigenvalue weighted by Gasteiger charge is 2.19. The Kier molecular flexibility index (Phi) is 3.66. The molecule has 0 aliphatic carbocycles. The molecule has 1 N–H and O–H groups in total. The smallest absolute Gasteiger partial charge is 0.201 e. The minimum atomic E-state index is 0.0372. The van der Waals surface area contributed by atoms with Crippen molar-refractivity contribution in [2.45, 2.75) is 20.8 Å². The molecule has 0 aromatic carbocycles. The Morgan fingerprint density at radius 1 is 1.73 bits per heavy atom. The van der Waals surface area contributed by atoms with Crippen molar-refractivity contribution in [2.24, 2.45) is 11.0 Å². The Morgan fingerprint density at radius 3 is 2.80 bits per heavy atom. The van der Waals surface area contributed by atoms with Gasteiger partial charge in [0.1, 0.15) is 5.70 Å². The van der Waals surface area contributed by atoms with Crippen LogP contribution in [0.2, 0.25) is 0 Å². The van der Waals surface area contributed by atoms with Crippen LogP contribution < -0.4 is 5.32 Å². The second-order valence-electron chi connectivity index (χ2n) is 3.85. The third-order valence-corrected chi connectivity index (χ3v) is 2.42. The van der Waals surface area contributed by atoms with Crippen LogP contribution in [0.15, 0.2) is 28.8 Å². The van der Waals surface area contributed by atoms with E-state index in [1.54, 1.807) is 6.20 Å². The highest BCUT2D eigenvalue weighted by Crippen LogP contribution is 2.15. The Bertz CT molecular complexity index is 329. The first-order valence-corrected chi connectivity index (χ1v) is 4.97. The van der Waals surface area contributed by atoms with E-state index in [9.17, 15) is 4.79 Å². The van der Waals surface area contributed by atoms with Crippen LogP contribution in [0, 0.1) is 5.92 Å². The zero-order chi connectivity index (χ0) is 11.4. The standard InChI is InChI=1S/C11H17N3O/c1-8(2)9(3)7-14(12-4)10-5-13-6-11(10)15/h5,7-8,13H,4,6H2,1-3H3/b9-7+. The molecule has 4 nitrogen and oxygen atoms in total. The summed E-state index contributed by atoms with van der Waals surface area (Å²) in [7, 11) is 0. The molecule has 0 aromatic heterocycles. The summed E-state index contributed by atoms with van der Waals surface area (Å²) < 4.78 is 0. The van der Waals surface area contributed by atoms with E-state index in [2.05, 4.69) is 31.0 Å². The third kappa shape index (κ3) is 2.68. The predicted molar refractivity (Wildman–Crippen MR) is 61.1 cm³/mol. The summed E-state index contributed by atoms with van der Waals surface area (Å²) in [5, 5.41) is 8.22. The first-order chi connectivity index (χ1) is 7.06. The lowest BCUT2D eigenvalue weighted by Crippen LogP contribution is -2.17. The van der Waals surface area contributed by atoms with Crippen molar-refractivity contribution < 1.29 is 4.79 Å². The fourth-order valence-corrected chi connectivity index (χ4v) is 1.13. The van der Waals surface area contributed by atoms with Gasteiger partial charge >= 0.3 is 0 Å². The fourth-order valence-electron chi connectivity index (χ4n) is 1.13. The van der Waals surface area contributed by atoms with Gasteiger partial charge in [-0.2, -0.15) is 5.10 Å². The fraction of sp³-hybridized carbons (Fsp3) is 0.455. The lowest BCUT2D eigenvalue weighted by Gasteiger charge is -2.15. The molecule has 1 heterocycles. The van der Waals surface area contributed by atoms with Crippen molar-refractivity contribution in [3.8, 4) is 0 Å². The molecule has 1 aliphatic rings. The summed E-state index contributed by atoms with van der Waals surface area (Å²) in [6.07, 6.45) is 3.51. The zero-order valence-corrected chi connectivity index (χ0v) is 9.45. The van der Waals surface area contributed by atoms with Crippen molar-refractivity contribution in [3.63, 3.8) is 0 Å². The molecule has 0 amide bonds. The van der Waals surface area contributed by atoms with Crippen molar-refractivity contribution in [2.75, 3.05) is 6.54 Å². The molecule has 0 saturated heterocycles. The second-order valence-corrected chi connectivity index (χ2v) is 3.85. The minimum Gasteiger partial charge on any atom is -0.382 e. The highest BCUT2D eigenvalue weighted by molar-refractivity contribution is 5.98. The molecule has 0 spiro atoms. The van der Waals surface area contributed by atoms with Crippen LogP contribution >= 0.6 is 0 Å². The van der Waals surface area contributed by atoms with Gasteiger partial charge in [-0.25, -0.2) is 5.01 Å². The number of nitrogens with one attached hydrogen (secondary N) is 1. The van der Waals surface area contributed by atoms with Crippen LogP contribution in [0.4, 0.5) is 0 Å². The van der Waals surface area contributed by atoms with Gasteiger partial charge in [-0.3, -0.25) is 4.79 Å². The lowest BCUT2D eigenvalue weighted by molar-refractivity contribution is -0.115. The summed E-state index contributed by atoms with van der Waals surface area (Å²) in [6, 6.07) is 0. The molecular formula is C11H17N3O. The number of allylic oxidation sites excluding steroid dienone is 1. The summed E-state index contributed by atoms with van der Waals surface area (Å²) in [4.78, 5) is 11.4. The van der Waals surface area contributed by atoms with E-state index >= 15 is 0 Å². The molecule has 0 bridgehead atoms. The molecule has 0 radical (unpaired) electrons. The third-order valence-electron chi connectivity index (χ3n) is 2.42. The van der Waals surface area contributed by atoms with Crippen LogP contribution in [0.5, 0.6) is 0 Å². The van der Waals surface area contributed by atoms with E-state index in [4.69, 9.17) is 0 Å². The molecule has 0 atom stereocenters. The maximum Gasteiger partial charge on any atom is 0.201 e. The van der Waals surface area contributed by atoms with E-state index in [1.807, 2.05) is 13.1 Å². The topological polar surface area (TPSA) is 44.7 Å². The van der Waals surface area contributed by atoms with Gasteiger partial charge in [-0.15, -0.1) is 0 Å². The van der Waals surface area contributed by atoms with Crippen LogP contribution in [0.25, 0.3) is 0 Å². The Balaban J connectivity index is 2.85. The largest absolute Gasteiger partial charge is 0.382 e. The average molecular weight is 207 g/mol. The van der Waals surface area contributed by atoms with Crippen LogP contribution in [0.3, 0.4) is 0 Å². The average Bonchev–Trinajstić information content (AvgIpc) is 2.60. The van der Waals surface area contributed by atoms with E-state index in [0.717, 1.165) is 5.57 Å². The maximum atomic E-state index is 11.4. The summed E-state index contributed by atoms with van der Waals surface area (Å²) in [6.45, 7) is 10.0. The van der Waals surface area contributed by atoms with E-state index < -0.39 is 0 Å². The summed E-state index contributed by atoms with van der Waals surface area (Å²) >= 11 is 0. The number of nitrogens with zero attached hydrogens (tertiary/aromatic N) is 2. The van der Waals surface area contributed by atoms with Crippen LogP contribution in [-0.2, 0) is 4.79 Å². The van der Waals surface area contributed by atoms with E-state index in [1.165, 1.54) is 5.01 Å². The van der Waals surface area contributed by atoms with Crippen molar-refractivity contribution >= 4 is 12.5 Å². The van der Waals surface area contributed by atoms with Gasteiger partial charge in [0.05, 0.1) is 6.54 Å². The SMILES string of the molecule is C=NN(/C=C(\C)C(C)C)C1=CNCC1=O. The molecule has 0 unspecified atom stereocenters. The van der Waals surface area contributed by atoms with Gasteiger partial charge in [-0.05, 0) is 12.8 Å². The molecule has 82 valence electrons. The molecule has 0 saturated carbocycles. The number of hydrazone groups is 1. The number of hydrogen-bond acceptors (Lipinski definition) is 4. The van der Waals surface area contributed by atoms with Crippen molar-refractivity contribution in [1.82, 2.24) is 10.3 Å². The first kappa shape index (κ1) is 11.5. The molecule has 0 fully saturated rings. The first-order valence-electron chi connectivity index (χ1n) is 4.97. The molecule has 1 aliphatic heterocycles. The summed E-state index contributed by atoms with van der Waals surface area (Å²) in [5.41, 5.74) is 1.70. The number of carbonyl (C=O) groups excluding carboxylic acids is 1. The maximum absolute atomic E-state index is 11.4. The van der Waals surface area contributed by atoms with Crippen molar-refractivity contribution in [1.29, 1.82) is 0 Å². The van der Waals surface area contributed by atoms with Gasteiger partial charge in [0.2, 0.25) is 5.78 Å². The van der Waals surface area contributed by atoms with Gasteiger partial charge < -0.3 is 5.32 Å². The van der Waals surface area contributed by atoms with Crippen molar-refractivity contribution in [3.05, 3.63) is 23.7 Å². The number of carbonyl (C=O) groups is 1. The van der Waals surface area contributed by atoms with Crippen LogP contribution in [-0.4, -0.2) is 24.1 Å². The zero-order valence-electron chi connectivity index (χ0n) is 9.45. The van der Waals surface area contributed by atoms with Gasteiger partial charge in [0, 0.05) is 19.1 Å². The summed E-state index contributed by atoms with van der Waals surface area (Å²) in [5.74, 6) is 0.467. The Hall–Kier alpha value is -1.58. The quantitative estimate of drug-likeness (QED) is 0.561. The minimum absolute atomic E-state index is 0.0372. The highest BCUT2D eigenvalue weighted by atomic mass is 16.1.